The van der Waals surface area contributed by atoms with Gasteiger partial charge >= 0.3 is 0 Å². The van der Waals surface area contributed by atoms with Crippen molar-refractivity contribution in [3.8, 4) is 6.07 Å². The third kappa shape index (κ3) is 4.48. The summed E-state index contributed by atoms with van der Waals surface area (Å²) in [4.78, 5) is 1.90. The lowest BCUT2D eigenvalue weighted by Crippen LogP contribution is -2.16. The maximum Gasteiger partial charge on any atom is 0.117 e. The number of hydrogen-bond donors (Lipinski definition) is 0. The average Bonchev–Trinajstić information content (AvgIpc) is 2.45. The number of anilines is 1. The highest BCUT2D eigenvalue weighted by Crippen LogP contribution is 2.19. The molecule has 0 amide bonds. The Bertz CT molecular complexity index is 492. The van der Waals surface area contributed by atoms with E-state index in [0.717, 1.165) is 12.1 Å². The summed E-state index contributed by atoms with van der Waals surface area (Å²) in [5, 5.41) is 9.33. The third-order valence-electron chi connectivity index (χ3n) is 2.87. The Morgan fingerprint density at radius 2 is 2.11 bits per heavy atom. The summed E-state index contributed by atoms with van der Waals surface area (Å²) in [5.74, 6) is 0.211. The van der Waals surface area contributed by atoms with Crippen LogP contribution in [0.5, 0.6) is 0 Å². The molecule has 0 saturated heterocycles. The molecule has 0 aliphatic rings. The van der Waals surface area contributed by atoms with Crippen LogP contribution in [-0.4, -0.2) is 7.05 Å². The molecular weight excluding hydrogens is 232 g/mol. The monoisotopic (exact) mass is 252 g/mol. The topological polar surface area (TPSA) is 27.0 Å². The third-order valence-corrected chi connectivity index (χ3v) is 2.87. The zero-order valence-electron chi connectivity index (χ0n) is 11.6. The van der Waals surface area contributed by atoms with Crippen LogP contribution in [-0.2, 0) is 0 Å². The molecule has 0 spiro atoms. The van der Waals surface area contributed by atoms with Gasteiger partial charge in [0.15, 0.2) is 0 Å². The fourth-order valence-corrected chi connectivity index (χ4v) is 1.86. The molecule has 0 aliphatic heterocycles. The van der Waals surface area contributed by atoms with Crippen molar-refractivity contribution in [2.75, 3.05) is 11.9 Å². The molecule has 2 heteroatoms. The molecule has 0 radical (unpaired) electrons. The zero-order chi connectivity index (χ0) is 14.1. The number of benzene rings is 1. The summed E-state index contributed by atoms with van der Waals surface area (Å²) in [6, 6.07) is 12.1. The van der Waals surface area contributed by atoms with Crippen molar-refractivity contribution in [3.63, 3.8) is 0 Å². The van der Waals surface area contributed by atoms with Crippen molar-refractivity contribution in [1.82, 2.24) is 0 Å². The first-order chi connectivity index (χ1) is 9.22. The van der Waals surface area contributed by atoms with Gasteiger partial charge in [-0.2, -0.15) is 5.26 Å². The van der Waals surface area contributed by atoms with Crippen LogP contribution < -0.4 is 4.90 Å². The molecule has 2 nitrogen and oxygen atoms in total. The maximum atomic E-state index is 9.33. The van der Waals surface area contributed by atoms with Crippen LogP contribution in [0.2, 0.25) is 0 Å². The van der Waals surface area contributed by atoms with E-state index in [9.17, 15) is 5.26 Å². The maximum absolute atomic E-state index is 9.33. The zero-order valence-corrected chi connectivity index (χ0v) is 11.6. The Morgan fingerprint density at radius 1 is 1.42 bits per heavy atom. The van der Waals surface area contributed by atoms with Gasteiger partial charge in [0.05, 0.1) is 0 Å². The first-order valence-corrected chi connectivity index (χ1v) is 6.37. The molecule has 1 rings (SSSR count). The van der Waals surface area contributed by atoms with E-state index in [0.29, 0.717) is 5.70 Å². The predicted octanol–water partition coefficient (Wildman–Crippen LogP) is 4.30. The second kappa shape index (κ2) is 7.94. The molecule has 19 heavy (non-hydrogen) atoms. The van der Waals surface area contributed by atoms with Crippen LogP contribution in [0.3, 0.4) is 0 Å². The average molecular weight is 252 g/mol. The first kappa shape index (κ1) is 14.8. The first-order valence-electron chi connectivity index (χ1n) is 6.37. The smallest absolute Gasteiger partial charge is 0.117 e. The van der Waals surface area contributed by atoms with Crippen molar-refractivity contribution < 1.29 is 0 Å². The van der Waals surface area contributed by atoms with Gasteiger partial charge in [0.2, 0.25) is 0 Å². The standard InChI is InChI=1S/C17H20N2/c1-4-9-15(10-5-2)13-17(14-18)19(3)16-11-7-6-8-12-16/h4-8,10-13,15H,1,9H2,2-3H3/b10-5+,17-13+. The lowest BCUT2D eigenvalue weighted by molar-refractivity contribution is 0.821. The molecule has 1 unspecified atom stereocenters. The number of nitriles is 1. The number of para-hydroxylation sites is 1. The Labute approximate surface area is 116 Å². The van der Waals surface area contributed by atoms with Gasteiger partial charge in [-0.1, -0.05) is 36.4 Å². The SMILES string of the molecule is C=CCC(/C=C/C)/C=C(\C#N)N(C)c1ccccc1. The Kier molecular flexibility index (Phi) is 6.18. The number of rotatable bonds is 6. The molecule has 0 aromatic heterocycles. The van der Waals surface area contributed by atoms with Crippen LogP contribution in [0.1, 0.15) is 13.3 Å². The molecule has 1 atom stereocenters. The van der Waals surface area contributed by atoms with Crippen molar-refractivity contribution in [1.29, 1.82) is 5.26 Å². The van der Waals surface area contributed by atoms with Gasteiger partial charge in [0.25, 0.3) is 0 Å². The highest BCUT2D eigenvalue weighted by molar-refractivity contribution is 5.54. The van der Waals surface area contributed by atoms with E-state index in [2.05, 4.69) is 18.7 Å². The van der Waals surface area contributed by atoms with Gasteiger partial charge in [-0.3, -0.25) is 0 Å². The van der Waals surface area contributed by atoms with Crippen molar-refractivity contribution >= 4 is 5.69 Å². The van der Waals surface area contributed by atoms with Crippen molar-refractivity contribution in [3.05, 3.63) is 66.9 Å². The van der Waals surface area contributed by atoms with Crippen molar-refractivity contribution in [2.45, 2.75) is 13.3 Å². The van der Waals surface area contributed by atoms with Crippen LogP contribution in [0, 0.1) is 17.2 Å². The molecule has 0 heterocycles. The van der Waals surface area contributed by atoms with Crippen molar-refractivity contribution in [2.24, 2.45) is 5.92 Å². The molecular formula is C17H20N2. The fraction of sp³-hybridized carbons (Fsp3) is 0.235. The van der Waals surface area contributed by atoms with Crippen LogP contribution in [0.15, 0.2) is 66.9 Å². The highest BCUT2D eigenvalue weighted by atomic mass is 15.1. The van der Waals surface area contributed by atoms with Crippen LogP contribution in [0.25, 0.3) is 0 Å². The fourth-order valence-electron chi connectivity index (χ4n) is 1.86. The predicted molar refractivity (Wildman–Crippen MR) is 81.7 cm³/mol. The van der Waals surface area contributed by atoms with Crippen LogP contribution in [0.4, 0.5) is 5.69 Å². The minimum absolute atomic E-state index is 0.211. The molecule has 0 saturated carbocycles. The van der Waals surface area contributed by atoms with Crippen LogP contribution >= 0.6 is 0 Å². The molecule has 0 aliphatic carbocycles. The summed E-state index contributed by atoms with van der Waals surface area (Å²) in [6.45, 7) is 5.74. The largest absolute Gasteiger partial charge is 0.336 e. The van der Waals surface area contributed by atoms with E-state index < -0.39 is 0 Å². The Morgan fingerprint density at radius 3 is 2.63 bits per heavy atom. The molecule has 1 aromatic carbocycles. The lowest BCUT2D eigenvalue weighted by Gasteiger charge is -2.19. The van der Waals surface area contributed by atoms with Gasteiger partial charge in [-0.05, 0) is 31.6 Å². The normalized spacial score (nSPS) is 13.0. The van der Waals surface area contributed by atoms with E-state index in [1.165, 1.54) is 0 Å². The summed E-state index contributed by atoms with van der Waals surface area (Å²) in [7, 11) is 1.91. The van der Waals surface area contributed by atoms with Gasteiger partial charge in [-0.25, -0.2) is 0 Å². The molecule has 0 bridgehead atoms. The Hall–Kier alpha value is -2.27. The van der Waals surface area contributed by atoms with E-state index >= 15 is 0 Å². The van der Waals surface area contributed by atoms with Gasteiger partial charge < -0.3 is 4.90 Å². The number of allylic oxidation sites excluding steroid dienone is 5. The summed E-state index contributed by atoms with van der Waals surface area (Å²) < 4.78 is 0. The summed E-state index contributed by atoms with van der Waals surface area (Å²) >= 11 is 0. The second-order valence-electron chi connectivity index (χ2n) is 4.27. The highest BCUT2D eigenvalue weighted by Gasteiger charge is 2.08. The molecule has 98 valence electrons. The molecule has 0 fully saturated rings. The minimum Gasteiger partial charge on any atom is -0.336 e. The summed E-state index contributed by atoms with van der Waals surface area (Å²) in [6.07, 6.45) is 8.77. The van der Waals surface area contributed by atoms with Gasteiger partial charge in [0.1, 0.15) is 11.8 Å². The second-order valence-corrected chi connectivity index (χ2v) is 4.27. The van der Waals surface area contributed by atoms with E-state index in [4.69, 9.17) is 0 Å². The minimum atomic E-state index is 0.211. The number of nitrogens with zero attached hydrogens (tertiary/aromatic N) is 2. The van der Waals surface area contributed by atoms with Gasteiger partial charge in [0, 0.05) is 18.7 Å². The summed E-state index contributed by atoms with van der Waals surface area (Å²) in [5.41, 5.74) is 1.66. The quantitative estimate of drug-likeness (QED) is 0.557. The van der Waals surface area contributed by atoms with E-state index in [1.807, 2.05) is 67.4 Å². The number of hydrogen-bond acceptors (Lipinski definition) is 2. The Balaban J connectivity index is 2.99. The van der Waals surface area contributed by atoms with Gasteiger partial charge in [-0.15, -0.1) is 6.58 Å². The lowest BCUT2D eigenvalue weighted by atomic mass is 10.0. The molecule has 0 N–H and O–H groups in total. The molecule has 1 aromatic rings. The van der Waals surface area contributed by atoms with E-state index in [1.54, 1.807) is 0 Å². The van der Waals surface area contributed by atoms with E-state index in [-0.39, 0.29) is 5.92 Å².